The molecule has 0 saturated heterocycles. The second-order valence-corrected chi connectivity index (χ2v) is 8.68. The fourth-order valence-corrected chi connectivity index (χ4v) is 3.64. The van der Waals surface area contributed by atoms with Crippen molar-refractivity contribution >= 4 is 40.6 Å². The molecule has 0 saturated carbocycles. The highest BCUT2D eigenvalue weighted by Crippen LogP contribution is 2.37. The molecule has 0 fully saturated rings. The van der Waals surface area contributed by atoms with Crippen LogP contribution in [0.5, 0.6) is 23.0 Å². The van der Waals surface area contributed by atoms with Crippen LogP contribution < -0.4 is 31.2 Å². The molecule has 5 N–H and O–H groups in total. The summed E-state index contributed by atoms with van der Waals surface area (Å²) >= 11 is 5.64. The topological polar surface area (TPSA) is 128 Å². The summed E-state index contributed by atoms with van der Waals surface area (Å²) in [6, 6.07) is 12.8. The van der Waals surface area contributed by atoms with Gasteiger partial charge in [0.25, 0.3) is 5.91 Å². The summed E-state index contributed by atoms with van der Waals surface area (Å²) in [4.78, 5) is 28.5. The first-order chi connectivity index (χ1) is 19.4. The number of hydrogen-bond acceptors (Lipinski definition) is 6. The molecule has 0 spiro atoms. The molecule has 14 heteroatoms. The maximum Gasteiger partial charge on any atom is 0.417 e. The third-order valence-electron chi connectivity index (χ3n) is 5.36. The summed E-state index contributed by atoms with van der Waals surface area (Å²) in [5.41, 5.74) is 4.27. The number of aromatic nitrogens is 1. The van der Waals surface area contributed by atoms with Crippen molar-refractivity contribution in [3.8, 4) is 23.0 Å². The number of alkyl halides is 3. The van der Waals surface area contributed by atoms with E-state index in [9.17, 15) is 27.2 Å². The number of anilines is 3. The Bertz CT molecular complexity index is 1620. The van der Waals surface area contributed by atoms with Gasteiger partial charge in [0.15, 0.2) is 5.75 Å². The van der Waals surface area contributed by atoms with Gasteiger partial charge in [0, 0.05) is 37.1 Å². The van der Waals surface area contributed by atoms with Crippen LogP contribution >= 0.6 is 11.6 Å². The Kier molecular flexibility index (Phi) is 8.48. The van der Waals surface area contributed by atoms with E-state index >= 15 is 0 Å². The van der Waals surface area contributed by atoms with Crippen LogP contribution in [0.25, 0.3) is 0 Å². The lowest BCUT2D eigenvalue weighted by Gasteiger charge is -2.16. The summed E-state index contributed by atoms with van der Waals surface area (Å²) in [6.07, 6.45) is -3.36. The number of urea groups is 1. The number of nitrogen functional groups attached to an aromatic ring is 1. The molecule has 4 rings (SSSR count). The van der Waals surface area contributed by atoms with Gasteiger partial charge in [-0.3, -0.25) is 9.78 Å². The number of halogens is 5. The number of carbonyl (C=O) groups is 2. The monoisotopic (exact) mass is 589 g/mol. The van der Waals surface area contributed by atoms with E-state index in [2.05, 4.69) is 20.9 Å². The van der Waals surface area contributed by atoms with E-state index in [-0.39, 0.29) is 45.8 Å². The molecule has 1 aromatic heterocycles. The standard InChI is InChI=1S/C27H20ClF4N5O4/c1-34-25(38)23-12-17(8-9-35-23)40-16-4-7-22(24(13-16)41-15-3-6-21(33)20(29)11-15)37-26(39)36-14-2-5-19(28)18(10-14)27(30,31)32/h2-13H,33H2,1H3,(H,34,38)(H2,36,37,39). The highest BCUT2D eigenvalue weighted by atomic mass is 35.5. The molecule has 3 amide bonds. The van der Waals surface area contributed by atoms with Crippen molar-refractivity contribution in [3.63, 3.8) is 0 Å². The lowest BCUT2D eigenvalue weighted by atomic mass is 10.2. The number of amides is 3. The molecule has 9 nitrogen and oxygen atoms in total. The van der Waals surface area contributed by atoms with Gasteiger partial charge >= 0.3 is 12.2 Å². The minimum Gasteiger partial charge on any atom is -0.457 e. The Morgan fingerprint density at radius 2 is 1.61 bits per heavy atom. The molecule has 0 bridgehead atoms. The van der Waals surface area contributed by atoms with E-state index in [4.69, 9.17) is 26.8 Å². The second kappa shape index (κ2) is 12.0. The van der Waals surface area contributed by atoms with Gasteiger partial charge < -0.3 is 31.2 Å². The number of ether oxygens (including phenoxy) is 2. The minimum atomic E-state index is -4.73. The lowest BCUT2D eigenvalue weighted by molar-refractivity contribution is -0.137. The largest absolute Gasteiger partial charge is 0.457 e. The molecule has 212 valence electrons. The number of nitrogens with zero attached hydrogens (tertiary/aromatic N) is 1. The van der Waals surface area contributed by atoms with E-state index in [0.717, 1.165) is 12.1 Å². The summed E-state index contributed by atoms with van der Waals surface area (Å²) in [6.45, 7) is 0. The summed E-state index contributed by atoms with van der Waals surface area (Å²) in [5, 5.41) is 6.69. The number of benzene rings is 3. The van der Waals surface area contributed by atoms with Gasteiger partial charge in [-0.05, 0) is 48.5 Å². The highest BCUT2D eigenvalue weighted by molar-refractivity contribution is 6.31. The van der Waals surface area contributed by atoms with E-state index < -0.39 is 34.5 Å². The molecule has 3 aromatic carbocycles. The number of hydrogen-bond donors (Lipinski definition) is 4. The molecule has 0 aliphatic rings. The first kappa shape index (κ1) is 29.0. The third-order valence-corrected chi connectivity index (χ3v) is 5.69. The fraction of sp³-hybridized carbons (Fsp3) is 0.0741. The van der Waals surface area contributed by atoms with Crippen LogP contribution in [0.3, 0.4) is 0 Å². The van der Waals surface area contributed by atoms with Gasteiger partial charge in [-0.25, -0.2) is 9.18 Å². The van der Waals surface area contributed by atoms with Crippen LogP contribution in [0.1, 0.15) is 16.1 Å². The number of nitrogens with two attached hydrogens (primary N) is 1. The van der Waals surface area contributed by atoms with E-state index in [1.165, 1.54) is 61.8 Å². The Morgan fingerprint density at radius 1 is 0.902 bits per heavy atom. The number of pyridine rings is 1. The van der Waals surface area contributed by atoms with Crippen LogP contribution in [-0.2, 0) is 6.18 Å². The molecule has 0 radical (unpaired) electrons. The maximum atomic E-state index is 14.0. The van der Waals surface area contributed by atoms with E-state index in [1.54, 1.807) is 0 Å². The fourth-order valence-electron chi connectivity index (χ4n) is 3.42. The van der Waals surface area contributed by atoms with Gasteiger partial charge in [0.1, 0.15) is 28.8 Å². The molecule has 41 heavy (non-hydrogen) atoms. The second-order valence-electron chi connectivity index (χ2n) is 8.27. The first-order valence-electron chi connectivity index (χ1n) is 11.6. The average Bonchev–Trinajstić information content (AvgIpc) is 2.92. The summed E-state index contributed by atoms with van der Waals surface area (Å²) in [5.74, 6) is -0.722. The van der Waals surface area contributed by atoms with E-state index in [1.807, 2.05) is 0 Å². The smallest absolute Gasteiger partial charge is 0.417 e. The molecular weight excluding hydrogens is 570 g/mol. The predicted molar refractivity (Wildman–Crippen MR) is 144 cm³/mol. The van der Waals surface area contributed by atoms with Crippen molar-refractivity contribution in [2.24, 2.45) is 0 Å². The van der Waals surface area contributed by atoms with Gasteiger partial charge in [-0.1, -0.05) is 11.6 Å². The number of nitrogens with one attached hydrogen (secondary N) is 3. The van der Waals surface area contributed by atoms with Crippen molar-refractivity contribution in [3.05, 3.63) is 95.0 Å². The Hall–Kier alpha value is -5.04. The van der Waals surface area contributed by atoms with Gasteiger partial charge in [0.2, 0.25) is 0 Å². The van der Waals surface area contributed by atoms with E-state index in [0.29, 0.717) is 6.07 Å². The maximum absolute atomic E-state index is 14.0. The zero-order valence-corrected chi connectivity index (χ0v) is 21.7. The van der Waals surface area contributed by atoms with Gasteiger partial charge in [0.05, 0.1) is 22.0 Å². The normalized spacial score (nSPS) is 11.0. The lowest BCUT2D eigenvalue weighted by Crippen LogP contribution is -2.20. The van der Waals surface area contributed by atoms with Crippen molar-refractivity contribution < 1.29 is 36.6 Å². The number of rotatable bonds is 7. The first-order valence-corrected chi connectivity index (χ1v) is 12.0. The summed E-state index contributed by atoms with van der Waals surface area (Å²) in [7, 11) is 1.45. The molecule has 0 aliphatic carbocycles. The van der Waals surface area contributed by atoms with Crippen molar-refractivity contribution in [2.45, 2.75) is 6.18 Å². The predicted octanol–water partition coefficient (Wildman–Crippen LogP) is 7.06. The number of carbonyl (C=O) groups excluding carboxylic acids is 2. The van der Waals surface area contributed by atoms with Crippen molar-refractivity contribution in [1.82, 2.24) is 10.3 Å². The minimum absolute atomic E-state index is 0.0190. The molecule has 0 atom stereocenters. The molecule has 0 unspecified atom stereocenters. The quantitative estimate of drug-likeness (QED) is 0.135. The SMILES string of the molecule is CNC(=O)c1cc(Oc2ccc(NC(=O)Nc3ccc(Cl)c(C(F)(F)F)c3)c(Oc3ccc(N)c(F)c3)c2)ccn1. The van der Waals surface area contributed by atoms with Crippen LogP contribution in [0, 0.1) is 5.82 Å². The Labute approximate surface area is 235 Å². The van der Waals surface area contributed by atoms with Gasteiger partial charge in [-0.2, -0.15) is 13.2 Å². The van der Waals surface area contributed by atoms with Crippen LogP contribution in [-0.4, -0.2) is 24.0 Å². The van der Waals surface area contributed by atoms with Gasteiger partial charge in [-0.15, -0.1) is 0 Å². The zero-order chi connectivity index (χ0) is 29.7. The Balaban J connectivity index is 1.61. The molecular formula is C27H20ClF4N5O4. The Morgan fingerprint density at radius 3 is 2.32 bits per heavy atom. The zero-order valence-electron chi connectivity index (χ0n) is 21.0. The van der Waals surface area contributed by atoms with Crippen LogP contribution in [0.4, 0.5) is 39.4 Å². The highest BCUT2D eigenvalue weighted by Gasteiger charge is 2.33. The molecule has 1 heterocycles. The molecule has 4 aromatic rings. The van der Waals surface area contributed by atoms with Crippen molar-refractivity contribution in [2.75, 3.05) is 23.4 Å². The third kappa shape index (κ3) is 7.33. The average molecular weight is 590 g/mol. The molecule has 0 aliphatic heterocycles. The van der Waals surface area contributed by atoms with Crippen molar-refractivity contribution in [1.29, 1.82) is 0 Å². The summed E-state index contributed by atoms with van der Waals surface area (Å²) < 4.78 is 65.2. The van der Waals surface area contributed by atoms with Crippen LogP contribution in [0.15, 0.2) is 72.9 Å². The van der Waals surface area contributed by atoms with Crippen LogP contribution in [0.2, 0.25) is 5.02 Å².